The molecule has 0 saturated carbocycles. The molecule has 1 aromatic carbocycles. The Morgan fingerprint density at radius 1 is 1.10 bits per heavy atom. The van der Waals surface area contributed by atoms with Crippen molar-refractivity contribution < 1.29 is 8.42 Å². The van der Waals surface area contributed by atoms with Gasteiger partial charge in [-0.05, 0) is 51.3 Å². The molecule has 0 aromatic heterocycles. The monoisotopic (exact) mass is 298 g/mol. The fourth-order valence-electron chi connectivity index (χ4n) is 2.53. The average Bonchev–Trinajstić information content (AvgIpc) is 2.18. The molecule has 0 aliphatic rings. The Balaban J connectivity index is 2.65. The molecule has 1 aromatic rings. The van der Waals surface area contributed by atoms with Gasteiger partial charge in [0.25, 0.3) is 0 Å². The molecule has 20 heavy (non-hydrogen) atoms. The van der Waals surface area contributed by atoms with Crippen molar-refractivity contribution >= 4 is 10.0 Å². The Morgan fingerprint density at radius 2 is 1.60 bits per heavy atom. The third kappa shape index (κ3) is 5.61. The summed E-state index contributed by atoms with van der Waals surface area (Å²) in [5.41, 5.74) is 4.58. The van der Waals surface area contributed by atoms with Gasteiger partial charge in [0.15, 0.2) is 0 Å². The molecule has 4 nitrogen and oxygen atoms in total. The number of hydrogen-bond donors (Lipinski definition) is 2. The van der Waals surface area contributed by atoms with Crippen molar-refractivity contribution in [3.05, 3.63) is 34.4 Å². The summed E-state index contributed by atoms with van der Waals surface area (Å²) in [5.74, 6) is 0. The Hall–Kier alpha value is -0.910. The van der Waals surface area contributed by atoms with Gasteiger partial charge >= 0.3 is 0 Å². The Bertz CT molecular complexity index is 555. The van der Waals surface area contributed by atoms with Gasteiger partial charge < -0.3 is 5.32 Å². The number of hydrogen-bond acceptors (Lipinski definition) is 3. The van der Waals surface area contributed by atoms with Crippen LogP contribution in [-0.4, -0.2) is 26.8 Å². The molecule has 0 radical (unpaired) electrons. The fraction of sp³-hybridized carbons (Fsp3) is 0.600. The van der Waals surface area contributed by atoms with Crippen LogP contribution in [0.4, 0.5) is 0 Å². The predicted octanol–water partition coefficient (Wildman–Crippen LogP) is 2.03. The van der Waals surface area contributed by atoms with Crippen molar-refractivity contribution in [2.24, 2.45) is 0 Å². The van der Waals surface area contributed by atoms with Crippen molar-refractivity contribution in [3.63, 3.8) is 0 Å². The van der Waals surface area contributed by atoms with Crippen LogP contribution in [0.25, 0.3) is 0 Å². The number of rotatable bonds is 6. The molecule has 1 rings (SSSR count). The van der Waals surface area contributed by atoms with Crippen LogP contribution in [0.3, 0.4) is 0 Å². The molecule has 0 spiro atoms. The van der Waals surface area contributed by atoms with Gasteiger partial charge in [0.05, 0.1) is 6.26 Å². The number of nitrogens with one attached hydrogen (secondary N) is 2. The minimum absolute atomic E-state index is 0.500. The largest absolute Gasteiger partial charge is 0.311 e. The van der Waals surface area contributed by atoms with E-state index in [4.69, 9.17) is 0 Å². The summed E-state index contributed by atoms with van der Waals surface area (Å²) >= 11 is 0. The molecule has 2 N–H and O–H groups in total. The van der Waals surface area contributed by atoms with Crippen molar-refractivity contribution in [1.82, 2.24) is 10.0 Å². The molecule has 0 saturated heterocycles. The Kier molecular flexibility index (Phi) is 5.35. The topological polar surface area (TPSA) is 58.2 Å². The lowest BCUT2D eigenvalue weighted by Gasteiger charge is -2.26. The van der Waals surface area contributed by atoms with E-state index in [1.165, 1.54) is 28.5 Å². The SMILES string of the molecule is Cc1cc(C)c(CNCC(C)(C)NS(C)(=O)=O)c(C)c1. The van der Waals surface area contributed by atoms with Crippen LogP contribution in [0.1, 0.15) is 36.1 Å². The van der Waals surface area contributed by atoms with Crippen molar-refractivity contribution in [3.8, 4) is 0 Å². The van der Waals surface area contributed by atoms with Gasteiger partial charge in [-0.1, -0.05) is 17.7 Å². The number of benzene rings is 1. The summed E-state index contributed by atoms with van der Waals surface area (Å²) in [6.07, 6.45) is 1.18. The van der Waals surface area contributed by atoms with Crippen LogP contribution in [0.5, 0.6) is 0 Å². The lowest BCUT2D eigenvalue weighted by Crippen LogP contribution is -2.49. The first kappa shape index (κ1) is 17.1. The third-order valence-electron chi connectivity index (χ3n) is 3.17. The van der Waals surface area contributed by atoms with E-state index in [1.54, 1.807) is 0 Å². The molecule has 0 aliphatic carbocycles. The van der Waals surface area contributed by atoms with Gasteiger partial charge in [-0.3, -0.25) is 0 Å². The maximum atomic E-state index is 11.3. The molecule has 0 atom stereocenters. The van der Waals surface area contributed by atoms with E-state index in [0.717, 1.165) is 6.54 Å². The smallest absolute Gasteiger partial charge is 0.209 e. The minimum Gasteiger partial charge on any atom is -0.311 e. The van der Waals surface area contributed by atoms with Crippen LogP contribution >= 0.6 is 0 Å². The van der Waals surface area contributed by atoms with E-state index in [2.05, 4.69) is 42.9 Å². The quantitative estimate of drug-likeness (QED) is 0.845. The highest BCUT2D eigenvalue weighted by Gasteiger charge is 2.21. The van der Waals surface area contributed by atoms with Crippen molar-refractivity contribution in [2.45, 2.75) is 46.7 Å². The maximum Gasteiger partial charge on any atom is 0.209 e. The van der Waals surface area contributed by atoms with E-state index in [-0.39, 0.29) is 0 Å². The van der Waals surface area contributed by atoms with E-state index in [9.17, 15) is 8.42 Å². The molecule has 5 heteroatoms. The average molecular weight is 298 g/mol. The first-order valence-electron chi connectivity index (χ1n) is 6.76. The van der Waals surface area contributed by atoms with E-state index < -0.39 is 15.6 Å². The van der Waals surface area contributed by atoms with Gasteiger partial charge in [0.2, 0.25) is 10.0 Å². The standard InChI is InChI=1S/C15H26N2O2S/c1-11-7-12(2)14(13(3)8-11)9-16-10-15(4,5)17-20(6,18)19/h7-8,16-17H,9-10H2,1-6H3. The van der Waals surface area contributed by atoms with E-state index in [0.29, 0.717) is 6.54 Å². The van der Waals surface area contributed by atoms with Crippen LogP contribution in [0.2, 0.25) is 0 Å². The second-order valence-electron chi connectivity index (χ2n) is 6.24. The summed E-state index contributed by atoms with van der Waals surface area (Å²) in [4.78, 5) is 0. The van der Waals surface area contributed by atoms with Crippen LogP contribution < -0.4 is 10.0 Å². The van der Waals surface area contributed by atoms with Gasteiger partial charge in [-0.2, -0.15) is 0 Å². The van der Waals surface area contributed by atoms with Crippen LogP contribution in [0.15, 0.2) is 12.1 Å². The summed E-state index contributed by atoms with van der Waals surface area (Å²) in [6.45, 7) is 11.4. The highest BCUT2D eigenvalue weighted by Crippen LogP contribution is 2.16. The zero-order valence-electron chi connectivity index (χ0n) is 13.3. The molecule has 0 heterocycles. The number of aryl methyl sites for hydroxylation is 3. The van der Waals surface area contributed by atoms with E-state index in [1.807, 2.05) is 13.8 Å². The molecular weight excluding hydrogens is 272 g/mol. The van der Waals surface area contributed by atoms with Gasteiger partial charge in [0.1, 0.15) is 0 Å². The first-order valence-corrected chi connectivity index (χ1v) is 8.66. The first-order chi connectivity index (χ1) is 9.00. The lowest BCUT2D eigenvalue weighted by molar-refractivity contribution is 0.420. The third-order valence-corrected chi connectivity index (χ3v) is 4.09. The Labute approximate surface area is 123 Å². The molecule has 0 aliphatic heterocycles. The molecular formula is C15H26N2O2S. The highest BCUT2D eigenvalue weighted by atomic mass is 32.2. The van der Waals surface area contributed by atoms with Crippen LogP contribution in [-0.2, 0) is 16.6 Å². The molecule has 0 bridgehead atoms. The van der Waals surface area contributed by atoms with Gasteiger partial charge in [-0.25, -0.2) is 13.1 Å². The minimum atomic E-state index is -3.19. The zero-order valence-corrected chi connectivity index (χ0v) is 14.1. The lowest BCUT2D eigenvalue weighted by atomic mass is 9.99. The zero-order chi connectivity index (χ0) is 15.6. The Morgan fingerprint density at radius 3 is 2.05 bits per heavy atom. The van der Waals surface area contributed by atoms with Crippen LogP contribution in [0, 0.1) is 20.8 Å². The molecule has 0 unspecified atom stereocenters. The number of sulfonamides is 1. The normalized spacial score (nSPS) is 12.7. The van der Waals surface area contributed by atoms with Crippen molar-refractivity contribution in [1.29, 1.82) is 0 Å². The highest BCUT2D eigenvalue weighted by molar-refractivity contribution is 7.88. The summed E-state index contributed by atoms with van der Waals surface area (Å²) in [5, 5.41) is 3.34. The summed E-state index contributed by atoms with van der Waals surface area (Å²) in [6, 6.07) is 4.34. The summed E-state index contributed by atoms with van der Waals surface area (Å²) < 4.78 is 25.2. The van der Waals surface area contributed by atoms with E-state index >= 15 is 0 Å². The van der Waals surface area contributed by atoms with Crippen molar-refractivity contribution in [2.75, 3.05) is 12.8 Å². The summed E-state index contributed by atoms with van der Waals surface area (Å²) in [7, 11) is -3.19. The predicted molar refractivity (Wildman–Crippen MR) is 84.4 cm³/mol. The molecule has 0 fully saturated rings. The van der Waals surface area contributed by atoms with Gasteiger partial charge in [-0.15, -0.1) is 0 Å². The second-order valence-corrected chi connectivity index (χ2v) is 7.99. The molecule has 114 valence electrons. The second kappa shape index (κ2) is 6.24. The molecule has 0 amide bonds. The van der Waals surface area contributed by atoms with Gasteiger partial charge in [0, 0.05) is 18.6 Å². The fourth-order valence-corrected chi connectivity index (χ4v) is 3.60. The maximum absolute atomic E-state index is 11.3.